The van der Waals surface area contributed by atoms with Crippen LogP contribution in [0.1, 0.15) is 35.2 Å². The summed E-state index contributed by atoms with van der Waals surface area (Å²) < 4.78 is 5.44. The summed E-state index contributed by atoms with van der Waals surface area (Å²) in [4.78, 5) is 0. The number of anilines is 1. The van der Waals surface area contributed by atoms with E-state index >= 15 is 0 Å². The molecule has 1 atom stereocenters. The number of ether oxygens (including phenoxy) is 1. The Hall–Kier alpha value is -1.96. The van der Waals surface area contributed by atoms with Crippen molar-refractivity contribution in [1.29, 1.82) is 0 Å². The Bertz CT molecular complexity index is 581. The summed E-state index contributed by atoms with van der Waals surface area (Å²) in [5, 5.41) is 3.62. The van der Waals surface area contributed by atoms with Crippen LogP contribution in [0.5, 0.6) is 5.75 Å². The van der Waals surface area contributed by atoms with Crippen LogP contribution in [-0.4, -0.2) is 7.11 Å². The number of nitrogens with one attached hydrogen (secondary N) is 1. The molecule has 0 radical (unpaired) electrons. The van der Waals surface area contributed by atoms with E-state index in [1.807, 2.05) is 18.2 Å². The highest BCUT2D eigenvalue weighted by Gasteiger charge is 2.13. The van der Waals surface area contributed by atoms with Crippen LogP contribution in [0.15, 0.2) is 36.4 Å². The fourth-order valence-electron chi connectivity index (χ4n) is 2.73. The third kappa shape index (κ3) is 2.96. The SMILES string of the molecule is COc1ccccc1C(C)Nc1c(C)cc(C)cc1C. The predicted octanol–water partition coefficient (Wildman–Crippen LogP) is 4.79. The normalized spacial score (nSPS) is 12.1. The summed E-state index contributed by atoms with van der Waals surface area (Å²) >= 11 is 0. The van der Waals surface area contributed by atoms with Crippen LogP contribution >= 0.6 is 0 Å². The third-order valence-corrected chi connectivity index (χ3v) is 3.64. The van der Waals surface area contributed by atoms with Crippen LogP contribution in [0.3, 0.4) is 0 Å². The van der Waals surface area contributed by atoms with Crippen molar-refractivity contribution in [3.05, 3.63) is 58.7 Å². The van der Waals surface area contributed by atoms with E-state index in [9.17, 15) is 0 Å². The number of hydrogen-bond donors (Lipinski definition) is 1. The zero-order chi connectivity index (χ0) is 14.7. The first kappa shape index (κ1) is 14.4. The lowest BCUT2D eigenvalue weighted by Crippen LogP contribution is -2.10. The van der Waals surface area contributed by atoms with Crippen LogP contribution in [0.25, 0.3) is 0 Å². The first-order valence-corrected chi connectivity index (χ1v) is 7.00. The van der Waals surface area contributed by atoms with Gasteiger partial charge in [-0.05, 0) is 44.9 Å². The molecule has 0 fully saturated rings. The quantitative estimate of drug-likeness (QED) is 0.861. The highest BCUT2D eigenvalue weighted by Crippen LogP contribution is 2.30. The van der Waals surface area contributed by atoms with Gasteiger partial charge in [0.05, 0.1) is 13.2 Å². The number of rotatable bonds is 4. The van der Waals surface area contributed by atoms with Crippen molar-refractivity contribution in [3.8, 4) is 5.75 Å². The predicted molar refractivity (Wildman–Crippen MR) is 85.7 cm³/mol. The molecule has 0 bridgehead atoms. The maximum absolute atomic E-state index is 5.44. The molecule has 0 aliphatic heterocycles. The largest absolute Gasteiger partial charge is 0.496 e. The lowest BCUT2D eigenvalue weighted by molar-refractivity contribution is 0.408. The molecule has 0 spiro atoms. The molecular weight excluding hydrogens is 246 g/mol. The summed E-state index contributed by atoms with van der Waals surface area (Å²) in [6.07, 6.45) is 0. The zero-order valence-corrected chi connectivity index (χ0v) is 12.9. The second-order valence-electron chi connectivity index (χ2n) is 5.38. The number of methoxy groups -OCH3 is 1. The average molecular weight is 269 g/mol. The van der Waals surface area contributed by atoms with E-state index in [4.69, 9.17) is 4.74 Å². The molecule has 2 rings (SSSR count). The van der Waals surface area contributed by atoms with Crippen molar-refractivity contribution < 1.29 is 4.74 Å². The lowest BCUT2D eigenvalue weighted by Gasteiger charge is -2.21. The van der Waals surface area contributed by atoms with E-state index in [0.717, 1.165) is 5.75 Å². The first-order valence-electron chi connectivity index (χ1n) is 7.00. The Labute approximate surface area is 121 Å². The Morgan fingerprint density at radius 2 is 1.60 bits per heavy atom. The van der Waals surface area contributed by atoms with Crippen LogP contribution in [0.4, 0.5) is 5.69 Å². The van der Waals surface area contributed by atoms with Gasteiger partial charge in [-0.15, -0.1) is 0 Å². The van der Waals surface area contributed by atoms with Crippen molar-refractivity contribution in [3.63, 3.8) is 0 Å². The lowest BCUT2D eigenvalue weighted by atomic mass is 10.0. The van der Waals surface area contributed by atoms with Crippen LogP contribution in [-0.2, 0) is 0 Å². The average Bonchev–Trinajstić information content (AvgIpc) is 2.42. The molecule has 0 heterocycles. The van der Waals surface area contributed by atoms with Crippen molar-refractivity contribution in [1.82, 2.24) is 0 Å². The summed E-state index contributed by atoms with van der Waals surface area (Å²) in [5.41, 5.74) is 6.26. The number of para-hydroxylation sites is 1. The maximum atomic E-state index is 5.44. The molecule has 2 nitrogen and oxygen atoms in total. The molecule has 20 heavy (non-hydrogen) atoms. The fraction of sp³-hybridized carbons (Fsp3) is 0.333. The van der Waals surface area contributed by atoms with Crippen molar-refractivity contribution in [2.75, 3.05) is 12.4 Å². The summed E-state index contributed by atoms with van der Waals surface area (Å²) in [7, 11) is 1.72. The summed E-state index contributed by atoms with van der Waals surface area (Å²) in [5.74, 6) is 0.926. The second-order valence-corrected chi connectivity index (χ2v) is 5.38. The van der Waals surface area contributed by atoms with Crippen LogP contribution in [0.2, 0.25) is 0 Å². The smallest absolute Gasteiger partial charge is 0.124 e. The minimum Gasteiger partial charge on any atom is -0.496 e. The molecule has 1 N–H and O–H groups in total. The molecule has 0 aliphatic carbocycles. The number of benzene rings is 2. The minimum absolute atomic E-state index is 0.200. The van der Waals surface area contributed by atoms with Crippen molar-refractivity contribution >= 4 is 5.69 Å². The molecule has 0 amide bonds. The standard InChI is InChI=1S/C18H23NO/c1-12-10-13(2)18(14(3)11-12)19-15(4)16-8-6-7-9-17(16)20-5/h6-11,15,19H,1-5H3. The molecule has 106 valence electrons. The van der Waals surface area contributed by atoms with Crippen molar-refractivity contribution in [2.45, 2.75) is 33.7 Å². The van der Waals surface area contributed by atoms with Gasteiger partial charge in [0.2, 0.25) is 0 Å². The Morgan fingerprint density at radius 3 is 2.20 bits per heavy atom. The molecule has 1 unspecified atom stereocenters. The summed E-state index contributed by atoms with van der Waals surface area (Å²) in [6.45, 7) is 8.60. The molecule has 2 aromatic rings. The molecule has 0 aliphatic rings. The zero-order valence-electron chi connectivity index (χ0n) is 12.9. The van der Waals surface area contributed by atoms with Gasteiger partial charge >= 0.3 is 0 Å². The van der Waals surface area contributed by atoms with Gasteiger partial charge in [0.1, 0.15) is 5.75 Å². The number of aryl methyl sites for hydroxylation is 3. The molecule has 0 saturated heterocycles. The summed E-state index contributed by atoms with van der Waals surface area (Å²) in [6, 6.07) is 12.8. The molecule has 2 heteroatoms. The van der Waals surface area contributed by atoms with Gasteiger partial charge in [0.25, 0.3) is 0 Å². The first-order chi connectivity index (χ1) is 9.52. The van der Waals surface area contributed by atoms with Crippen LogP contribution < -0.4 is 10.1 Å². The topological polar surface area (TPSA) is 21.3 Å². The van der Waals surface area contributed by atoms with Crippen molar-refractivity contribution in [2.24, 2.45) is 0 Å². The van der Waals surface area contributed by atoms with Gasteiger partial charge in [-0.2, -0.15) is 0 Å². The fourth-order valence-corrected chi connectivity index (χ4v) is 2.73. The van der Waals surface area contributed by atoms with E-state index in [1.54, 1.807) is 7.11 Å². The van der Waals surface area contributed by atoms with E-state index in [1.165, 1.54) is 27.9 Å². The van der Waals surface area contributed by atoms with E-state index < -0.39 is 0 Å². The highest BCUT2D eigenvalue weighted by atomic mass is 16.5. The van der Waals surface area contributed by atoms with E-state index in [-0.39, 0.29) is 6.04 Å². The van der Waals surface area contributed by atoms with Gasteiger partial charge < -0.3 is 10.1 Å². The van der Waals surface area contributed by atoms with Crippen LogP contribution in [0, 0.1) is 20.8 Å². The Kier molecular flexibility index (Phi) is 4.33. The van der Waals surface area contributed by atoms with Gasteiger partial charge in [-0.25, -0.2) is 0 Å². The Balaban J connectivity index is 2.30. The molecular formula is C18H23NO. The van der Waals surface area contributed by atoms with Gasteiger partial charge in [0.15, 0.2) is 0 Å². The molecule has 0 saturated carbocycles. The van der Waals surface area contributed by atoms with Gasteiger partial charge in [0, 0.05) is 11.3 Å². The molecule has 0 aromatic heterocycles. The monoisotopic (exact) mass is 269 g/mol. The minimum atomic E-state index is 0.200. The maximum Gasteiger partial charge on any atom is 0.124 e. The third-order valence-electron chi connectivity index (χ3n) is 3.64. The number of hydrogen-bond acceptors (Lipinski definition) is 2. The Morgan fingerprint density at radius 1 is 1.00 bits per heavy atom. The van der Waals surface area contributed by atoms with Gasteiger partial charge in [-0.3, -0.25) is 0 Å². The van der Waals surface area contributed by atoms with E-state index in [2.05, 4.69) is 51.2 Å². The van der Waals surface area contributed by atoms with E-state index in [0.29, 0.717) is 0 Å². The highest BCUT2D eigenvalue weighted by molar-refractivity contribution is 5.59. The second kappa shape index (κ2) is 6.00. The molecule has 2 aromatic carbocycles. The van der Waals surface area contributed by atoms with Gasteiger partial charge in [-0.1, -0.05) is 35.9 Å².